The summed E-state index contributed by atoms with van der Waals surface area (Å²) in [6.07, 6.45) is -2.08. The molecule has 0 spiro atoms. The van der Waals surface area contributed by atoms with Crippen molar-refractivity contribution in [1.29, 1.82) is 0 Å². The van der Waals surface area contributed by atoms with Crippen LogP contribution in [-0.4, -0.2) is 35.6 Å². The van der Waals surface area contributed by atoms with Crippen molar-refractivity contribution in [3.63, 3.8) is 0 Å². The minimum absolute atomic E-state index is 0.196. The number of rotatable bonds is 10. The Hall–Kier alpha value is -2.21. The monoisotopic (exact) mass is 438 g/mol. The van der Waals surface area contributed by atoms with E-state index in [1.54, 1.807) is 19.1 Å². The Morgan fingerprint density at radius 2 is 1.83 bits per heavy atom. The van der Waals surface area contributed by atoms with E-state index in [-0.39, 0.29) is 18.6 Å². The number of aliphatic hydroxyl groups excluding tert-OH is 1. The van der Waals surface area contributed by atoms with Crippen molar-refractivity contribution in [1.82, 2.24) is 0 Å². The van der Waals surface area contributed by atoms with Crippen molar-refractivity contribution >= 4 is 13.3 Å². The van der Waals surface area contributed by atoms with Gasteiger partial charge in [0.1, 0.15) is 18.2 Å². The highest BCUT2D eigenvalue weighted by Gasteiger charge is 2.36. The van der Waals surface area contributed by atoms with Gasteiger partial charge in [-0.15, -0.1) is 0 Å². The van der Waals surface area contributed by atoms with Gasteiger partial charge in [0.15, 0.2) is 0 Å². The summed E-state index contributed by atoms with van der Waals surface area (Å²) in [5, 5.41) is 18.9. The molecule has 0 aliphatic rings. The van der Waals surface area contributed by atoms with Gasteiger partial charge in [0.05, 0.1) is 24.3 Å². The molecule has 6 nitrogen and oxygen atoms in total. The summed E-state index contributed by atoms with van der Waals surface area (Å²) >= 11 is 0. The molecule has 0 fully saturated rings. The van der Waals surface area contributed by atoms with Gasteiger partial charge < -0.3 is 19.5 Å². The summed E-state index contributed by atoms with van der Waals surface area (Å²) < 4.78 is 38.0. The van der Waals surface area contributed by atoms with Crippen LogP contribution in [0.4, 0.5) is 4.39 Å². The molecule has 0 aliphatic carbocycles. The molecule has 2 rings (SSSR count). The number of carbonyl (C=O) groups is 1. The van der Waals surface area contributed by atoms with E-state index in [9.17, 15) is 18.9 Å². The molecule has 0 bridgehead atoms. The van der Waals surface area contributed by atoms with E-state index in [0.29, 0.717) is 11.3 Å². The number of benzene rings is 2. The number of carboxylic acid groups (broad SMARTS) is 1. The minimum Gasteiger partial charge on any atom is -0.489 e. The summed E-state index contributed by atoms with van der Waals surface area (Å²) in [7, 11) is -2.14. The van der Waals surface area contributed by atoms with Crippen molar-refractivity contribution in [3.05, 3.63) is 64.5 Å². The predicted octanol–water partition coefficient (Wildman–Crippen LogP) is 4.84. The Balaban J connectivity index is 2.34. The number of hydrogen-bond acceptors (Lipinski definition) is 5. The van der Waals surface area contributed by atoms with Crippen LogP contribution in [0.1, 0.15) is 41.3 Å². The third-order valence-corrected chi connectivity index (χ3v) is 7.98. The molecule has 0 heterocycles. The Labute approximate surface area is 176 Å². The molecule has 0 amide bonds. The van der Waals surface area contributed by atoms with Gasteiger partial charge in [-0.3, -0.25) is 9.36 Å². The molecule has 0 aromatic heterocycles. The van der Waals surface area contributed by atoms with Crippen LogP contribution in [-0.2, 0) is 20.5 Å². The van der Waals surface area contributed by atoms with Crippen LogP contribution in [0.2, 0.25) is 0 Å². The summed E-state index contributed by atoms with van der Waals surface area (Å²) in [5.41, 5.74) is 2.63. The lowest BCUT2D eigenvalue weighted by atomic mass is 10.0. The van der Waals surface area contributed by atoms with Gasteiger partial charge in [0, 0.05) is 12.7 Å². The van der Waals surface area contributed by atoms with Gasteiger partial charge in [-0.1, -0.05) is 18.2 Å². The Morgan fingerprint density at radius 1 is 1.20 bits per heavy atom. The van der Waals surface area contributed by atoms with Crippen molar-refractivity contribution in [2.75, 3.05) is 13.3 Å². The molecular formula is C22H28FO6P. The standard InChI is InChI=1S/C22H28FO6P/c1-14-9-15(2)22(16(3)30(27,28-4)13-19(24)11-21(25)26)20(10-14)29-12-17-5-7-18(23)8-6-17/h5-10,16,19,24H,11-13H2,1-4H3,(H,25,26)/t16?,19-,30?/m0/s1. The highest BCUT2D eigenvalue weighted by Crippen LogP contribution is 2.61. The maximum Gasteiger partial charge on any atom is 0.305 e. The van der Waals surface area contributed by atoms with Gasteiger partial charge in [-0.25, -0.2) is 4.39 Å². The van der Waals surface area contributed by atoms with Gasteiger partial charge in [0.25, 0.3) is 0 Å². The molecule has 8 heteroatoms. The summed E-state index contributed by atoms with van der Waals surface area (Å²) in [4.78, 5) is 10.9. The molecule has 30 heavy (non-hydrogen) atoms. The molecule has 0 saturated heterocycles. The van der Waals surface area contributed by atoms with E-state index in [4.69, 9.17) is 14.4 Å². The van der Waals surface area contributed by atoms with Crippen LogP contribution in [0.15, 0.2) is 36.4 Å². The lowest BCUT2D eigenvalue weighted by molar-refractivity contribution is -0.138. The molecule has 0 saturated carbocycles. The number of aryl methyl sites for hydroxylation is 2. The smallest absolute Gasteiger partial charge is 0.305 e. The highest BCUT2D eigenvalue weighted by molar-refractivity contribution is 7.59. The zero-order valence-corrected chi connectivity index (χ0v) is 18.5. The van der Waals surface area contributed by atoms with E-state index in [1.165, 1.54) is 19.2 Å². The Bertz CT molecular complexity index is 928. The average molecular weight is 438 g/mol. The van der Waals surface area contributed by atoms with Gasteiger partial charge >= 0.3 is 5.97 Å². The van der Waals surface area contributed by atoms with E-state index < -0.39 is 31.5 Å². The number of hydrogen-bond donors (Lipinski definition) is 2. The van der Waals surface area contributed by atoms with Crippen LogP contribution in [0.5, 0.6) is 5.75 Å². The summed E-state index contributed by atoms with van der Waals surface area (Å²) in [6, 6.07) is 9.73. The molecule has 2 aromatic rings. The SMILES string of the molecule is COP(=O)(C[C@@H](O)CC(=O)O)C(C)c1c(C)cc(C)cc1OCc1ccc(F)cc1. The molecule has 0 aliphatic heterocycles. The lowest BCUT2D eigenvalue weighted by Gasteiger charge is -2.28. The number of aliphatic carboxylic acids is 1. The number of ether oxygens (including phenoxy) is 1. The Morgan fingerprint density at radius 3 is 2.40 bits per heavy atom. The normalized spacial score (nSPS) is 15.3. The first-order chi connectivity index (χ1) is 14.1. The second-order valence-corrected chi connectivity index (χ2v) is 10.4. The van der Waals surface area contributed by atoms with Gasteiger partial charge in [-0.2, -0.15) is 0 Å². The lowest BCUT2D eigenvalue weighted by Crippen LogP contribution is -2.20. The molecule has 164 valence electrons. The van der Waals surface area contributed by atoms with E-state index in [2.05, 4.69) is 0 Å². The molecule has 2 N–H and O–H groups in total. The first-order valence-electron chi connectivity index (χ1n) is 9.58. The van der Waals surface area contributed by atoms with E-state index >= 15 is 0 Å². The maximum absolute atomic E-state index is 13.5. The minimum atomic E-state index is -3.44. The second kappa shape index (κ2) is 10.2. The van der Waals surface area contributed by atoms with Crippen molar-refractivity contribution in [3.8, 4) is 5.75 Å². The molecule has 3 atom stereocenters. The topological polar surface area (TPSA) is 93.1 Å². The molecule has 2 aromatic carbocycles. The quantitative estimate of drug-likeness (QED) is 0.516. The zero-order chi connectivity index (χ0) is 22.5. The first-order valence-corrected chi connectivity index (χ1v) is 11.5. The van der Waals surface area contributed by atoms with Crippen molar-refractivity contribution < 1.29 is 33.2 Å². The molecule has 0 radical (unpaired) electrons. The fourth-order valence-corrected chi connectivity index (χ4v) is 5.71. The fourth-order valence-electron chi connectivity index (χ4n) is 3.48. The van der Waals surface area contributed by atoms with Gasteiger partial charge in [0.2, 0.25) is 7.37 Å². The summed E-state index contributed by atoms with van der Waals surface area (Å²) in [6.45, 7) is 5.71. The zero-order valence-electron chi connectivity index (χ0n) is 17.6. The fraction of sp³-hybridized carbons (Fsp3) is 0.409. The largest absolute Gasteiger partial charge is 0.489 e. The number of carboxylic acids is 1. The molecular weight excluding hydrogens is 410 g/mol. The highest BCUT2D eigenvalue weighted by atomic mass is 31.2. The number of halogens is 1. The molecule has 2 unspecified atom stereocenters. The van der Waals surface area contributed by atoms with Crippen molar-refractivity contribution in [2.45, 2.75) is 45.6 Å². The summed E-state index contributed by atoms with van der Waals surface area (Å²) in [5.74, 6) is -0.984. The van der Waals surface area contributed by atoms with Crippen LogP contribution in [0.25, 0.3) is 0 Å². The first kappa shape index (κ1) is 24.1. The predicted molar refractivity (Wildman–Crippen MR) is 113 cm³/mol. The van der Waals surface area contributed by atoms with Crippen LogP contribution >= 0.6 is 7.37 Å². The third-order valence-electron chi connectivity index (χ3n) is 4.99. The second-order valence-electron chi connectivity index (χ2n) is 7.43. The van der Waals surface area contributed by atoms with E-state index in [0.717, 1.165) is 16.7 Å². The van der Waals surface area contributed by atoms with Crippen LogP contribution < -0.4 is 4.74 Å². The Kier molecular flexibility index (Phi) is 8.18. The third kappa shape index (κ3) is 6.14. The average Bonchev–Trinajstić information content (AvgIpc) is 2.65. The number of aliphatic hydroxyl groups is 1. The van der Waals surface area contributed by atoms with E-state index in [1.807, 2.05) is 26.0 Å². The maximum atomic E-state index is 13.5. The van der Waals surface area contributed by atoms with Crippen LogP contribution in [0.3, 0.4) is 0 Å². The van der Waals surface area contributed by atoms with Crippen molar-refractivity contribution in [2.24, 2.45) is 0 Å². The van der Waals surface area contributed by atoms with Crippen LogP contribution in [0, 0.1) is 19.7 Å². The van der Waals surface area contributed by atoms with Gasteiger partial charge in [-0.05, 0) is 55.7 Å².